The quantitative estimate of drug-likeness (QED) is 0.524. The molecule has 5 rings (SSSR count). The van der Waals surface area contributed by atoms with Crippen molar-refractivity contribution in [1.29, 1.82) is 0 Å². The molecule has 2 aromatic heterocycles. The fourth-order valence-electron chi connectivity index (χ4n) is 3.43. The number of ether oxygens (including phenoxy) is 1. The van der Waals surface area contributed by atoms with Crippen LogP contribution in [0, 0.1) is 0 Å². The molecule has 0 N–H and O–H groups in total. The summed E-state index contributed by atoms with van der Waals surface area (Å²) >= 11 is 6.16. The Balaban J connectivity index is 1.42. The first-order valence-electron chi connectivity index (χ1n) is 8.97. The van der Waals surface area contributed by atoms with Crippen LogP contribution in [0.15, 0.2) is 59.4 Å². The SMILES string of the molecule is Clc1ccc2c(c1)C(c1nc(Cc3nncn3-c3ccccc3)no1)CCO2. The van der Waals surface area contributed by atoms with Crippen LogP contribution in [0.25, 0.3) is 5.69 Å². The predicted molar refractivity (Wildman–Crippen MR) is 102 cm³/mol. The van der Waals surface area contributed by atoms with Gasteiger partial charge in [-0.3, -0.25) is 4.57 Å². The molecule has 0 saturated heterocycles. The van der Waals surface area contributed by atoms with Crippen LogP contribution in [0.4, 0.5) is 0 Å². The van der Waals surface area contributed by atoms with Crippen LogP contribution in [0.3, 0.4) is 0 Å². The number of aromatic nitrogens is 5. The summed E-state index contributed by atoms with van der Waals surface area (Å²) in [5.74, 6) is 2.65. The lowest BCUT2D eigenvalue weighted by Gasteiger charge is -2.23. The zero-order chi connectivity index (χ0) is 18.9. The van der Waals surface area contributed by atoms with Crippen molar-refractivity contribution >= 4 is 11.6 Å². The molecule has 1 atom stereocenters. The first-order chi connectivity index (χ1) is 13.8. The van der Waals surface area contributed by atoms with Crippen molar-refractivity contribution in [2.24, 2.45) is 0 Å². The Morgan fingerprint density at radius 3 is 2.93 bits per heavy atom. The highest BCUT2D eigenvalue weighted by Gasteiger charge is 2.28. The molecular formula is C20H16ClN5O2. The van der Waals surface area contributed by atoms with E-state index in [1.807, 2.05) is 53.1 Å². The van der Waals surface area contributed by atoms with Crippen LogP contribution in [0.1, 0.15) is 35.4 Å². The standard InChI is InChI=1S/C20H16ClN5O2/c21-13-6-7-17-16(10-13)15(8-9-27-17)20-23-18(25-28-20)11-19-24-22-12-26(19)14-4-2-1-3-5-14/h1-7,10,12,15H,8-9,11H2. The second kappa shape index (κ2) is 7.09. The lowest BCUT2D eigenvalue weighted by molar-refractivity contribution is 0.256. The van der Waals surface area contributed by atoms with Crippen molar-refractivity contribution in [1.82, 2.24) is 24.9 Å². The van der Waals surface area contributed by atoms with Gasteiger partial charge in [0, 0.05) is 16.3 Å². The maximum absolute atomic E-state index is 6.16. The van der Waals surface area contributed by atoms with Gasteiger partial charge in [-0.15, -0.1) is 10.2 Å². The monoisotopic (exact) mass is 393 g/mol. The molecule has 0 saturated carbocycles. The second-order valence-corrected chi connectivity index (χ2v) is 6.99. The molecule has 0 fully saturated rings. The summed E-state index contributed by atoms with van der Waals surface area (Å²) in [6.07, 6.45) is 2.86. The highest BCUT2D eigenvalue weighted by Crippen LogP contribution is 2.38. The number of para-hydroxylation sites is 1. The molecule has 1 unspecified atom stereocenters. The topological polar surface area (TPSA) is 78.9 Å². The fraction of sp³-hybridized carbons (Fsp3) is 0.200. The molecule has 140 valence electrons. The van der Waals surface area contributed by atoms with Gasteiger partial charge in [0.05, 0.1) is 18.9 Å². The smallest absolute Gasteiger partial charge is 0.234 e. The molecule has 0 spiro atoms. The normalized spacial score (nSPS) is 15.8. The van der Waals surface area contributed by atoms with E-state index in [1.165, 1.54) is 0 Å². The minimum atomic E-state index is -0.0318. The van der Waals surface area contributed by atoms with Gasteiger partial charge in [0.1, 0.15) is 17.9 Å². The van der Waals surface area contributed by atoms with Gasteiger partial charge < -0.3 is 9.26 Å². The number of fused-ring (bicyclic) bond motifs is 1. The largest absolute Gasteiger partial charge is 0.493 e. The maximum atomic E-state index is 6.16. The minimum Gasteiger partial charge on any atom is -0.493 e. The maximum Gasteiger partial charge on any atom is 0.234 e. The molecule has 1 aliphatic rings. The van der Waals surface area contributed by atoms with Gasteiger partial charge in [0.25, 0.3) is 0 Å². The molecule has 4 aromatic rings. The number of nitrogens with zero attached hydrogens (tertiary/aromatic N) is 5. The highest BCUT2D eigenvalue weighted by molar-refractivity contribution is 6.30. The van der Waals surface area contributed by atoms with Gasteiger partial charge in [-0.25, -0.2) is 0 Å². The Morgan fingerprint density at radius 2 is 2.04 bits per heavy atom. The number of halogens is 1. The Hall–Kier alpha value is -3.19. The van der Waals surface area contributed by atoms with Crippen molar-refractivity contribution in [2.45, 2.75) is 18.8 Å². The number of hydrogen-bond acceptors (Lipinski definition) is 6. The Kier molecular flexibility index (Phi) is 4.29. The highest BCUT2D eigenvalue weighted by atomic mass is 35.5. The van der Waals surface area contributed by atoms with E-state index in [-0.39, 0.29) is 5.92 Å². The van der Waals surface area contributed by atoms with Crippen molar-refractivity contribution in [2.75, 3.05) is 6.61 Å². The first kappa shape index (κ1) is 16.9. The molecule has 8 heteroatoms. The van der Waals surface area contributed by atoms with Crippen LogP contribution in [0.2, 0.25) is 5.02 Å². The van der Waals surface area contributed by atoms with E-state index < -0.39 is 0 Å². The summed E-state index contributed by atoms with van der Waals surface area (Å²) in [7, 11) is 0. The molecule has 7 nitrogen and oxygen atoms in total. The van der Waals surface area contributed by atoms with Crippen molar-refractivity contribution in [3.05, 3.63) is 83.0 Å². The van der Waals surface area contributed by atoms with E-state index in [0.29, 0.717) is 29.8 Å². The van der Waals surface area contributed by atoms with Gasteiger partial charge in [-0.1, -0.05) is 35.0 Å². The molecule has 0 bridgehead atoms. The zero-order valence-corrected chi connectivity index (χ0v) is 15.6. The van der Waals surface area contributed by atoms with E-state index in [1.54, 1.807) is 6.33 Å². The van der Waals surface area contributed by atoms with Gasteiger partial charge in [-0.05, 0) is 36.8 Å². The van der Waals surface area contributed by atoms with Crippen LogP contribution < -0.4 is 4.74 Å². The van der Waals surface area contributed by atoms with E-state index in [0.717, 1.165) is 29.2 Å². The van der Waals surface area contributed by atoms with Crippen LogP contribution in [-0.4, -0.2) is 31.5 Å². The van der Waals surface area contributed by atoms with Crippen LogP contribution >= 0.6 is 11.6 Å². The Labute approximate surface area is 165 Å². The predicted octanol–water partition coefficient (Wildman–Crippen LogP) is 3.81. The third-order valence-corrected chi connectivity index (χ3v) is 5.00. The van der Waals surface area contributed by atoms with Crippen LogP contribution in [-0.2, 0) is 6.42 Å². The lowest BCUT2D eigenvalue weighted by atomic mass is 9.93. The summed E-state index contributed by atoms with van der Waals surface area (Å²) in [5, 5.41) is 13.1. The lowest BCUT2D eigenvalue weighted by Crippen LogP contribution is -2.15. The summed E-state index contributed by atoms with van der Waals surface area (Å²) in [4.78, 5) is 4.61. The Bertz CT molecular complexity index is 1110. The van der Waals surface area contributed by atoms with E-state index in [4.69, 9.17) is 20.9 Å². The van der Waals surface area contributed by atoms with Gasteiger partial charge in [-0.2, -0.15) is 4.98 Å². The third-order valence-electron chi connectivity index (χ3n) is 4.76. The van der Waals surface area contributed by atoms with Crippen molar-refractivity contribution in [3.63, 3.8) is 0 Å². The second-order valence-electron chi connectivity index (χ2n) is 6.55. The van der Waals surface area contributed by atoms with E-state index >= 15 is 0 Å². The number of rotatable bonds is 4. The van der Waals surface area contributed by atoms with Gasteiger partial charge in [0.2, 0.25) is 5.89 Å². The van der Waals surface area contributed by atoms with Gasteiger partial charge >= 0.3 is 0 Å². The number of hydrogen-bond donors (Lipinski definition) is 0. The number of benzene rings is 2. The molecule has 28 heavy (non-hydrogen) atoms. The molecule has 2 aromatic carbocycles. The Morgan fingerprint density at radius 1 is 1.14 bits per heavy atom. The first-order valence-corrected chi connectivity index (χ1v) is 9.35. The average molecular weight is 394 g/mol. The average Bonchev–Trinajstić information content (AvgIpc) is 3.38. The zero-order valence-electron chi connectivity index (χ0n) is 14.8. The van der Waals surface area contributed by atoms with Crippen molar-refractivity contribution in [3.8, 4) is 11.4 Å². The van der Waals surface area contributed by atoms with E-state index in [2.05, 4.69) is 20.3 Å². The molecule has 0 amide bonds. The molecular weight excluding hydrogens is 378 g/mol. The van der Waals surface area contributed by atoms with Crippen LogP contribution in [0.5, 0.6) is 5.75 Å². The summed E-state index contributed by atoms with van der Waals surface area (Å²) in [6.45, 7) is 0.597. The summed E-state index contributed by atoms with van der Waals surface area (Å²) in [5.41, 5.74) is 1.96. The molecule has 0 aliphatic carbocycles. The molecule has 1 aliphatic heterocycles. The summed E-state index contributed by atoms with van der Waals surface area (Å²) in [6, 6.07) is 15.5. The van der Waals surface area contributed by atoms with Crippen molar-refractivity contribution < 1.29 is 9.26 Å². The fourth-order valence-corrected chi connectivity index (χ4v) is 3.61. The molecule has 0 radical (unpaired) electrons. The van der Waals surface area contributed by atoms with E-state index in [9.17, 15) is 0 Å². The van der Waals surface area contributed by atoms with Gasteiger partial charge in [0.15, 0.2) is 5.82 Å². The minimum absolute atomic E-state index is 0.0318. The molecule has 3 heterocycles. The summed E-state index contributed by atoms with van der Waals surface area (Å²) < 4.78 is 13.2. The third kappa shape index (κ3) is 3.14.